The average Bonchev–Trinajstić information content (AvgIpc) is 2.80. The Morgan fingerprint density at radius 3 is 1.19 bits per heavy atom. The van der Waals surface area contributed by atoms with Crippen molar-refractivity contribution in [3.8, 4) is 22.8 Å². The Kier molecular flexibility index (Phi) is 17.1. The zero-order valence-electron chi connectivity index (χ0n) is 18.1. The average molecular weight is 563 g/mol. The zero-order chi connectivity index (χ0) is 24.1. The van der Waals surface area contributed by atoms with Gasteiger partial charge in [-0.2, -0.15) is 0 Å². The second-order valence-corrected chi connectivity index (χ2v) is 6.74. The molecule has 0 aliphatic heterocycles. The maximum Gasteiger partial charge on any atom is 2.00 e. The summed E-state index contributed by atoms with van der Waals surface area (Å²) in [5.41, 5.74) is 3.43. The van der Waals surface area contributed by atoms with Gasteiger partial charge in [-0.15, -0.1) is 0 Å². The molecule has 0 amide bonds. The predicted molar refractivity (Wildman–Crippen MR) is 130 cm³/mol. The van der Waals surface area contributed by atoms with Crippen LogP contribution in [0, 0.1) is 30.6 Å². The van der Waals surface area contributed by atoms with Crippen molar-refractivity contribution >= 4 is 11.8 Å². The van der Waals surface area contributed by atoms with Gasteiger partial charge in [0.05, 0.1) is 32.9 Å². The minimum Gasteiger partial charge on any atom is -0.457 e. The van der Waals surface area contributed by atoms with Gasteiger partial charge in [-0.1, -0.05) is 36.0 Å². The summed E-state index contributed by atoms with van der Waals surface area (Å²) >= 11 is 1.53. The molecule has 0 saturated carbocycles. The van der Waals surface area contributed by atoms with E-state index in [4.69, 9.17) is 30.6 Å². The number of rotatable bonds is 4. The third kappa shape index (κ3) is 12.9. The first-order valence-corrected chi connectivity index (χ1v) is 9.74. The minimum atomic E-state index is -1.75. The number of aromatic nitrogens is 4. The van der Waals surface area contributed by atoms with E-state index in [1.54, 1.807) is 12.4 Å². The first-order valence-electron chi connectivity index (χ1n) is 8.93. The maximum absolute atomic E-state index is 8.25. The number of nitrogens with zero attached hydrogens (tertiary/aromatic N) is 6. The molecule has 0 aliphatic carbocycles. The van der Waals surface area contributed by atoms with Gasteiger partial charge < -0.3 is 41.6 Å². The number of hydrogen-bond donors (Lipinski definition) is 0. The van der Waals surface area contributed by atoms with Crippen LogP contribution in [0.15, 0.2) is 95.2 Å². The summed E-state index contributed by atoms with van der Waals surface area (Å²) in [6, 6.07) is 23.5. The van der Waals surface area contributed by atoms with Gasteiger partial charge in [-0.05, 0) is 48.5 Å². The van der Waals surface area contributed by atoms with E-state index in [0.717, 1.165) is 32.8 Å². The van der Waals surface area contributed by atoms with Crippen molar-refractivity contribution in [1.29, 1.82) is 0 Å². The summed E-state index contributed by atoms with van der Waals surface area (Å²) in [7, 11) is 0. The van der Waals surface area contributed by atoms with Crippen LogP contribution >= 0.6 is 11.8 Å². The van der Waals surface area contributed by atoms with Crippen molar-refractivity contribution in [1.82, 2.24) is 19.9 Å². The predicted octanol–water partition coefficient (Wildman–Crippen LogP) is 2.43. The van der Waals surface area contributed by atoms with Gasteiger partial charge >= 0.3 is 16.8 Å². The number of pyridine rings is 4. The fraction of sp³-hybridized carbons (Fsp3) is 0. The molecule has 0 spiro atoms. The number of hydrogen-bond acceptors (Lipinski definition) is 11. The van der Waals surface area contributed by atoms with E-state index in [-0.39, 0.29) is 27.7 Å². The van der Waals surface area contributed by atoms with E-state index >= 15 is 0 Å². The molecule has 0 aliphatic rings. The molecule has 1 radical (unpaired) electrons. The van der Waals surface area contributed by atoms with Gasteiger partial charge in [-0.25, -0.2) is 9.97 Å². The van der Waals surface area contributed by atoms with Gasteiger partial charge in [0.2, 0.25) is 0 Å². The standard InChI is InChI=1S/C20H14N4S.Co.2NO3.2H2O/c1-3-13-21-15(7-1)17-9-5-11-19(23-17)25-20-12-6-10-18(24-20)16-8-2-4-14-22-16;;2*2-1(3)4;;/h1-14H;;;;2*1H2/q;+2;2*-1;;/p+2. The van der Waals surface area contributed by atoms with Crippen LogP contribution in [0.2, 0.25) is 0 Å². The van der Waals surface area contributed by atoms with Crippen LogP contribution in [0.3, 0.4) is 0 Å². The quantitative estimate of drug-likeness (QED) is 0.198. The second kappa shape index (κ2) is 18.1. The SMILES string of the molecule is O=[N+]([O-])[O-].O=[N+]([O-])[O-].[Co+2].[OH3+].[OH3+].c1ccc(-c2cccc(Sc3cccc(-c4ccccn4)n3)n2)nc1. The summed E-state index contributed by atoms with van der Waals surface area (Å²) < 4.78 is 0. The summed E-state index contributed by atoms with van der Waals surface area (Å²) in [4.78, 5) is 34.6. The molecule has 0 atom stereocenters. The van der Waals surface area contributed by atoms with Crippen LogP contribution < -0.4 is 0 Å². The van der Waals surface area contributed by atoms with Crippen molar-refractivity contribution in [3.63, 3.8) is 0 Å². The third-order valence-corrected chi connectivity index (χ3v) is 4.38. The molecular formula is C20H20CoN6O8S+2. The minimum absolute atomic E-state index is 0. The summed E-state index contributed by atoms with van der Waals surface area (Å²) in [6.45, 7) is 0. The van der Waals surface area contributed by atoms with Gasteiger partial charge in [0, 0.05) is 12.4 Å². The van der Waals surface area contributed by atoms with E-state index in [1.165, 1.54) is 11.8 Å². The third-order valence-electron chi connectivity index (χ3n) is 3.51. The van der Waals surface area contributed by atoms with Gasteiger partial charge in [-0.3, -0.25) is 9.97 Å². The fourth-order valence-electron chi connectivity index (χ4n) is 2.36. The topological polar surface area (TPSA) is 250 Å². The van der Waals surface area contributed by atoms with Crippen LogP contribution in [-0.2, 0) is 27.7 Å². The molecule has 4 rings (SSSR count). The molecule has 4 aromatic heterocycles. The largest absolute Gasteiger partial charge is 2.00 e. The van der Waals surface area contributed by atoms with Crippen LogP contribution in [0.4, 0.5) is 0 Å². The fourth-order valence-corrected chi connectivity index (χ4v) is 3.16. The van der Waals surface area contributed by atoms with Crippen molar-refractivity contribution in [2.45, 2.75) is 10.1 Å². The first-order chi connectivity index (χ1) is 15.8. The first kappa shape index (κ1) is 33.9. The normalized spacial score (nSPS) is 8.67. The van der Waals surface area contributed by atoms with Crippen molar-refractivity contribution in [2.75, 3.05) is 0 Å². The molecular weight excluding hydrogens is 543 g/mol. The van der Waals surface area contributed by atoms with Gasteiger partial charge in [0.25, 0.3) is 0 Å². The Morgan fingerprint density at radius 1 is 0.556 bits per heavy atom. The molecule has 0 fully saturated rings. The smallest absolute Gasteiger partial charge is 0.457 e. The molecule has 0 unspecified atom stereocenters. The Morgan fingerprint density at radius 2 is 0.889 bits per heavy atom. The zero-order valence-corrected chi connectivity index (χ0v) is 20.0. The van der Waals surface area contributed by atoms with E-state index in [0.29, 0.717) is 0 Å². The summed E-state index contributed by atoms with van der Waals surface area (Å²) in [5.74, 6) is 0. The molecule has 0 saturated heterocycles. The van der Waals surface area contributed by atoms with Crippen molar-refractivity contribution in [2.24, 2.45) is 0 Å². The van der Waals surface area contributed by atoms with Crippen LogP contribution in [0.25, 0.3) is 22.8 Å². The Bertz CT molecular complexity index is 1090. The molecule has 191 valence electrons. The van der Waals surface area contributed by atoms with E-state index in [2.05, 4.69) is 19.9 Å². The Balaban J connectivity index is 0. The molecule has 4 aromatic rings. The molecule has 0 aromatic carbocycles. The second-order valence-electron chi connectivity index (χ2n) is 5.70. The van der Waals surface area contributed by atoms with Crippen molar-refractivity contribution in [3.05, 3.63) is 116 Å². The Labute approximate surface area is 218 Å². The summed E-state index contributed by atoms with van der Waals surface area (Å²) in [6.07, 6.45) is 3.55. The van der Waals surface area contributed by atoms with Crippen LogP contribution in [0.5, 0.6) is 0 Å². The maximum atomic E-state index is 8.25. The molecule has 6 N–H and O–H groups in total. The van der Waals surface area contributed by atoms with E-state index in [1.807, 2.05) is 72.8 Å². The van der Waals surface area contributed by atoms with Crippen molar-refractivity contribution < 1.29 is 37.9 Å². The van der Waals surface area contributed by atoms with Crippen LogP contribution in [0.1, 0.15) is 0 Å². The van der Waals surface area contributed by atoms with Gasteiger partial charge in [0.1, 0.15) is 10.1 Å². The molecule has 14 nitrogen and oxygen atoms in total. The monoisotopic (exact) mass is 563 g/mol. The Hall–Kier alpha value is -4.22. The molecule has 16 heteroatoms. The van der Waals surface area contributed by atoms with E-state index in [9.17, 15) is 0 Å². The summed E-state index contributed by atoms with van der Waals surface area (Å²) in [5, 5.41) is 31.3. The van der Waals surface area contributed by atoms with Gasteiger partial charge in [0.15, 0.2) is 0 Å². The molecule has 36 heavy (non-hydrogen) atoms. The molecule has 0 bridgehead atoms. The van der Waals surface area contributed by atoms with E-state index < -0.39 is 10.2 Å². The molecule has 4 heterocycles. The van der Waals surface area contributed by atoms with Crippen LogP contribution in [-0.4, -0.2) is 30.1 Å².